The Hall–Kier alpha value is -3.16. The average Bonchev–Trinajstić information content (AvgIpc) is 3.40. The van der Waals surface area contributed by atoms with E-state index in [4.69, 9.17) is 16.3 Å². The Morgan fingerprint density at radius 3 is 2.62 bits per heavy atom. The highest BCUT2D eigenvalue weighted by atomic mass is 35.5. The molecule has 1 aromatic heterocycles. The lowest BCUT2D eigenvalue weighted by Crippen LogP contribution is -2.41. The van der Waals surface area contributed by atoms with Crippen LogP contribution in [0.2, 0.25) is 5.02 Å². The smallest absolute Gasteiger partial charge is 0.255 e. The molecule has 0 bridgehead atoms. The Bertz CT molecular complexity index is 1370. The number of nitrogens with one attached hydrogen (secondary N) is 1. The van der Waals surface area contributed by atoms with Crippen molar-refractivity contribution in [2.45, 2.75) is 71.1 Å². The highest BCUT2D eigenvalue weighted by molar-refractivity contribution is 6.35. The molecule has 7 nitrogen and oxygen atoms in total. The third kappa shape index (κ3) is 4.66. The summed E-state index contributed by atoms with van der Waals surface area (Å²) < 4.78 is 7.76. The summed E-state index contributed by atoms with van der Waals surface area (Å²) in [4.78, 5) is 28.8. The van der Waals surface area contributed by atoms with Gasteiger partial charge < -0.3 is 10.1 Å². The van der Waals surface area contributed by atoms with Gasteiger partial charge in [-0.15, -0.1) is 0 Å². The number of rotatable bonds is 4. The van der Waals surface area contributed by atoms with Gasteiger partial charge in [-0.3, -0.25) is 14.5 Å². The lowest BCUT2D eigenvalue weighted by Gasteiger charge is -2.26. The number of halogens is 1. The topological polar surface area (TPSA) is 76.5 Å². The minimum atomic E-state index is -0.770. The minimum absolute atomic E-state index is 0.0516. The van der Waals surface area contributed by atoms with E-state index >= 15 is 0 Å². The van der Waals surface area contributed by atoms with Crippen molar-refractivity contribution in [1.82, 2.24) is 15.1 Å². The average molecular weight is 521 g/mol. The fourth-order valence-electron chi connectivity index (χ4n) is 5.07. The number of benzene rings is 2. The molecule has 194 valence electrons. The summed E-state index contributed by atoms with van der Waals surface area (Å²) in [5, 5.41) is 7.84. The standard InChI is InChI=1S/C29H33ClN4O3/c1-28(2,3)32-26(35)25-21(30)9-8-10-22(25)34-23-15-18(12-13-20(23)29(4,5)27(34)36)19-16-31-33(17-19)24-11-6-7-14-37-24/h8-10,12-13,15-17,24H,6-7,11,14H2,1-5H3,(H,32,35). The van der Waals surface area contributed by atoms with Crippen molar-refractivity contribution in [1.29, 1.82) is 0 Å². The van der Waals surface area contributed by atoms with Crippen molar-refractivity contribution in [3.8, 4) is 11.1 Å². The molecule has 2 aliphatic heterocycles. The second-order valence-corrected chi connectivity index (χ2v) is 11.8. The largest absolute Gasteiger partial charge is 0.357 e. The third-order valence-electron chi connectivity index (χ3n) is 6.98. The normalized spacial score (nSPS) is 19.1. The first-order valence-electron chi connectivity index (χ1n) is 12.7. The zero-order chi connectivity index (χ0) is 26.5. The summed E-state index contributed by atoms with van der Waals surface area (Å²) in [6.07, 6.45) is 6.91. The first-order valence-corrected chi connectivity index (χ1v) is 13.1. The van der Waals surface area contributed by atoms with E-state index in [-0.39, 0.29) is 23.6 Å². The maximum Gasteiger partial charge on any atom is 0.255 e. The van der Waals surface area contributed by atoms with E-state index in [1.54, 1.807) is 23.1 Å². The Kier molecular flexibility index (Phi) is 6.40. The fraction of sp³-hybridized carbons (Fsp3) is 0.414. The minimum Gasteiger partial charge on any atom is -0.357 e. The van der Waals surface area contributed by atoms with Crippen LogP contribution >= 0.6 is 11.6 Å². The van der Waals surface area contributed by atoms with Crippen molar-refractivity contribution in [3.63, 3.8) is 0 Å². The van der Waals surface area contributed by atoms with Gasteiger partial charge in [0.05, 0.1) is 33.6 Å². The second kappa shape index (κ2) is 9.30. The van der Waals surface area contributed by atoms with Gasteiger partial charge in [0, 0.05) is 23.9 Å². The second-order valence-electron chi connectivity index (χ2n) is 11.4. The van der Waals surface area contributed by atoms with Crippen molar-refractivity contribution in [3.05, 3.63) is 64.9 Å². The van der Waals surface area contributed by atoms with Crippen LogP contribution in [-0.2, 0) is 14.9 Å². The highest BCUT2D eigenvalue weighted by Gasteiger charge is 2.46. The Labute approximate surface area is 222 Å². The third-order valence-corrected chi connectivity index (χ3v) is 7.30. The number of nitrogens with zero attached hydrogens (tertiary/aromatic N) is 3. The molecule has 2 amide bonds. The summed E-state index contributed by atoms with van der Waals surface area (Å²) in [5.74, 6) is -0.435. The van der Waals surface area contributed by atoms with E-state index in [1.807, 2.05) is 69.9 Å². The molecule has 1 fully saturated rings. The van der Waals surface area contributed by atoms with Crippen LogP contribution in [0, 0.1) is 0 Å². The van der Waals surface area contributed by atoms with E-state index in [9.17, 15) is 9.59 Å². The van der Waals surface area contributed by atoms with Crippen molar-refractivity contribution in [2.75, 3.05) is 11.5 Å². The molecule has 1 atom stereocenters. The molecular weight excluding hydrogens is 488 g/mol. The van der Waals surface area contributed by atoms with Crippen LogP contribution in [0.3, 0.4) is 0 Å². The van der Waals surface area contributed by atoms with Crippen LogP contribution in [0.5, 0.6) is 0 Å². The van der Waals surface area contributed by atoms with Gasteiger partial charge in [0.25, 0.3) is 5.91 Å². The molecule has 2 aromatic carbocycles. The highest BCUT2D eigenvalue weighted by Crippen LogP contribution is 2.48. The number of carbonyl (C=O) groups excluding carboxylic acids is 2. The molecule has 1 unspecified atom stereocenters. The van der Waals surface area contributed by atoms with E-state index in [1.165, 1.54) is 0 Å². The Morgan fingerprint density at radius 1 is 1.14 bits per heavy atom. The summed E-state index contributed by atoms with van der Waals surface area (Å²) >= 11 is 6.56. The summed E-state index contributed by atoms with van der Waals surface area (Å²) in [5.41, 5.74) is 3.01. The van der Waals surface area contributed by atoms with Crippen LogP contribution in [-0.4, -0.2) is 33.7 Å². The maximum absolute atomic E-state index is 13.8. The number of fused-ring (bicyclic) bond motifs is 1. The molecule has 3 aromatic rings. The van der Waals surface area contributed by atoms with Crippen molar-refractivity contribution in [2.24, 2.45) is 0 Å². The SMILES string of the molecule is CC(C)(C)NC(=O)c1c(Cl)cccc1N1C(=O)C(C)(C)c2ccc(-c3cnn(C4CCCCO4)c3)cc21. The van der Waals surface area contributed by atoms with Crippen LogP contribution < -0.4 is 10.2 Å². The lowest BCUT2D eigenvalue weighted by atomic mass is 9.85. The Morgan fingerprint density at radius 2 is 1.92 bits per heavy atom. The molecule has 8 heteroatoms. The van der Waals surface area contributed by atoms with Crippen LogP contribution in [0.15, 0.2) is 48.8 Å². The molecule has 2 aliphatic rings. The number of hydrogen-bond donors (Lipinski definition) is 1. The van der Waals surface area contributed by atoms with Gasteiger partial charge in [-0.25, -0.2) is 4.68 Å². The van der Waals surface area contributed by atoms with E-state index in [0.717, 1.165) is 48.2 Å². The summed E-state index contributed by atoms with van der Waals surface area (Å²) in [6.45, 7) is 10.3. The van der Waals surface area contributed by atoms with Gasteiger partial charge in [-0.1, -0.05) is 29.8 Å². The summed E-state index contributed by atoms with van der Waals surface area (Å²) in [6, 6.07) is 11.2. The van der Waals surface area contributed by atoms with Crippen LogP contribution in [0.1, 0.15) is 76.0 Å². The first-order chi connectivity index (χ1) is 17.5. The zero-order valence-corrected chi connectivity index (χ0v) is 22.7. The monoisotopic (exact) mass is 520 g/mol. The van der Waals surface area contributed by atoms with Crippen molar-refractivity contribution < 1.29 is 14.3 Å². The number of carbonyl (C=O) groups is 2. The number of anilines is 2. The van der Waals surface area contributed by atoms with Gasteiger partial charge >= 0.3 is 0 Å². The molecule has 1 saturated heterocycles. The maximum atomic E-state index is 13.8. The molecular formula is C29H33ClN4O3. The predicted molar refractivity (Wildman–Crippen MR) is 145 cm³/mol. The van der Waals surface area contributed by atoms with Crippen molar-refractivity contribution >= 4 is 34.8 Å². The molecule has 0 aliphatic carbocycles. The number of ether oxygens (including phenoxy) is 1. The van der Waals surface area contributed by atoms with E-state index in [0.29, 0.717) is 10.7 Å². The van der Waals surface area contributed by atoms with Gasteiger partial charge in [-0.05, 0) is 83.2 Å². The summed E-state index contributed by atoms with van der Waals surface area (Å²) in [7, 11) is 0. The van der Waals surface area contributed by atoms with E-state index in [2.05, 4.69) is 10.4 Å². The fourth-order valence-corrected chi connectivity index (χ4v) is 5.33. The molecule has 0 spiro atoms. The molecule has 37 heavy (non-hydrogen) atoms. The van der Waals surface area contributed by atoms with E-state index < -0.39 is 11.0 Å². The number of amides is 2. The molecule has 3 heterocycles. The van der Waals surface area contributed by atoms with Crippen LogP contribution in [0.4, 0.5) is 11.4 Å². The van der Waals surface area contributed by atoms with Crippen LogP contribution in [0.25, 0.3) is 11.1 Å². The van der Waals surface area contributed by atoms with Gasteiger partial charge in [0.2, 0.25) is 5.91 Å². The van der Waals surface area contributed by atoms with Gasteiger partial charge in [-0.2, -0.15) is 5.10 Å². The number of aromatic nitrogens is 2. The quantitative estimate of drug-likeness (QED) is 0.432. The number of hydrogen-bond acceptors (Lipinski definition) is 4. The molecule has 0 saturated carbocycles. The Balaban J connectivity index is 1.59. The molecule has 0 radical (unpaired) electrons. The lowest BCUT2D eigenvalue weighted by molar-refractivity contribution is -0.121. The molecule has 1 N–H and O–H groups in total. The zero-order valence-electron chi connectivity index (χ0n) is 22.0. The first kappa shape index (κ1) is 25.5. The molecule has 5 rings (SSSR count). The van der Waals surface area contributed by atoms with Gasteiger partial charge in [0.15, 0.2) is 0 Å². The predicted octanol–water partition coefficient (Wildman–Crippen LogP) is 6.39. The van der Waals surface area contributed by atoms with Gasteiger partial charge in [0.1, 0.15) is 6.23 Å².